The van der Waals surface area contributed by atoms with Crippen molar-refractivity contribution < 1.29 is 28.7 Å². The van der Waals surface area contributed by atoms with Crippen molar-refractivity contribution in [2.75, 3.05) is 27.9 Å². The van der Waals surface area contributed by atoms with Crippen molar-refractivity contribution in [3.05, 3.63) is 52.1 Å². The van der Waals surface area contributed by atoms with Gasteiger partial charge in [-0.2, -0.15) is 0 Å². The Morgan fingerprint density at radius 3 is 2.20 bits per heavy atom. The summed E-state index contributed by atoms with van der Waals surface area (Å²) in [6.07, 6.45) is 0. The molecule has 0 heterocycles. The van der Waals surface area contributed by atoms with Gasteiger partial charge >= 0.3 is 5.69 Å². The van der Waals surface area contributed by atoms with Crippen molar-refractivity contribution in [3.8, 4) is 23.0 Å². The van der Waals surface area contributed by atoms with Crippen molar-refractivity contribution >= 4 is 11.5 Å². The van der Waals surface area contributed by atoms with Gasteiger partial charge in [-0.05, 0) is 24.3 Å². The maximum atomic E-state index is 12.4. The first kappa shape index (κ1) is 18.1. The number of benzene rings is 2. The third kappa shape index (κ3) is 4.17. The number of nitro benzene ring substituents is 1. The number of hydrogen-bond donors (Lipinski definition) is 0. The second kappa shape index (κ2) is 8.00. The molecule has 8 nitrogen and oxygen atoms in total. The fraction of sp³-hybridized carbons (Fsp3) is 0.235. The summed E-state index contributed by atoms with van der Waals surface area (Å²) >= 11 is 0. The van der Waals surface area contributed by atoms with E-state index < -0.39 is 4.92 Å². The molecule has 0 saturated carbocycles. The number of rotatable bonds is 8. The molecule has 0 radical (unpaired) electrons. The van der Waals surface area contributed by atoms with Crippen molar-refractivity contribution in [2.45, 2.75) is 0 Å². The molecular formula is C17H17NO7. The van der Waals surface area contributed by atoms with Gasteiger partial charge in [0, 0.05) is 6.07 Å². The summed E-state index contributed by atoms with van der Waals surface area (Å²) in [4.78, 5) is 22.9. The minimum Gasteiger partial charge on any atom is -0.497 e. The Morgan fingerprint density at radius 1 is 0.960 bits per heavy atom. The summed E-state index contributed by atoms with van der Waals surface area (Å²) < 4.78 is 20.5. The predicted octanol–water partition coefficient (Wildman–Crippen LogP) is 2.88. The minimum absolute atomic E-state index is 0.0216. The molecule has 0 N–H and O–H groups in total. The van der Waals surface area contributed by atoms with Crippen LogP contribution in [-0.2, 0) is 0 Å². The zero-order valence-electron chi connectivity index (χ0n) is 14.0. The molecule has 8 heteroatoms. The van der Waals surface area contributed by atoms with Crippen molar-refractivity contribution in [1.29, 1.82) is 0 Å². The van der Waals surface area contributed by atoms with Crippen LogP contribution in [0.25, 0.3) is 0 Å². The molecule has 0 atom stereocenters. The van der Waals surface area contributed by atoms with Crippen LogP contribution >= 0.6 is 0 Å². The van der Waals surface area contributed by atoms with Gasteiger partial charge in [-0.25, -0.2) is 0 Å². The highest BCUT2D eigenvalue weighted by molar-refractivity contribution is 6.00. The van der Waals surface area contributed by atoms with E-state index in [-0.39, 0.29) is 23.8 Å². The van der Waals surface area contributed by atoms with E-state index in [0.717, 1.165) is 0 Å². The average molecular weight is 347 g/mol. The number of Topliss-reactive ketones (excluding diaryl/α,β-unsaturated/α-hetero) is 1. The zero-order valence-corrected chi connectivity index (χ0v) is 14.0. The van der Waals surface area contributed by atoms with Gasteiger partial charge in [0.15, 0.2) is 12.4 Å². The average Bonchev–Trinajstić information content (AvgIpc) is 2.65. The third-order valence-electron chi connectivity index (χ3n) is 3.43. The Morgan fingerprint density at radius 2 is 1.60 bits per heavy atom. The molecule has 0 saturated heterocycles. The largest absolute Gasteiger partial charge is 0.497 e. The van der Waals surface area contributed by atoms with Crippen LogP contribution in [0, 0.1) is 10.1 Å². The number of nitro groups is 1. The number of carbonyl (C=O) groups excluding carboxylic acids is 1. The van der Waals surface area contributed by atoms with Crippen LogP contribution in [0.2, 0.25) is 0 Å². The minimum atomic E-state index is -0.601. The van der Waals surface area contributed by atoms with Crippen LogP contribution in [-0.4, -0.2) is 38.6 Å². The molecule has 0 bridgehead atoms. The number of hydrogen-bond acceptors (Lipinski definition) is 7. The number of ketones is 1. The van der Waals surface area contributed by atoms with Gasteiger partial charge in [-0.3, -0.25) is 14.9 Å². The Bertz CT molecular complexity index is 789. The molecule has 0 fully saturated rings. The van der Waals surface area contributed by atoms with E-state index in [4.69, 9.17) is 18.9 Å². The zero-order chi connectivity index (χ0) is 18.4. The van der Waals surface area contributed by atoms with E-state index in [2.05, 4.69) is 0 Å². The summed E-state index contributed by atoms with van der Waals surface area (Å²) in [5, 5.41) is 11.1. The smallest absolute Gasteiger partial charge is 0.314 e. The van der Waals surface area contributed by atoms with Crippen LogP contribution in [0.1, 0.15) is 10.4 Å². The van der Waals surface area contributed by atoms with Gasteiger partial charge < -0.3 is 18.9 Å². The molecule has 0 unspecified atom stereocenters. The summed E-state index contributed by atoms with van der Waals surface area (Å²) in [7, 11) is 4.34. The van der Waals surface area contributed by atoms with E-state index >= 15 is 0 Å². The van der Waals surface area contributed by atoms with Crippen LogP contribution in [0.5, 0.6) is 23.0 Å². The van der Waals surface area contributed by atoms with Gasteiger partial charge in [-0.1, -0.05) is 0 Å². The monoisotopic (exact) mass is 347 g/mol. The highest BCUT2D eigenvalue weighted by Gasteiger charge is 2.19. The van der Waals surface area contributed by atoms with Gasteiger partial charge in [-0.15, -0.1) is 0 Å². The first-order chi connectivity index (χ1) is 12.0. The van der Waals surface area contributed by atoms with Crippen LogP contribution in [0.15, 0.2) is 36.4 Å². The maximum Gasteiger partial charge on any atom is 0.314 e. The van der Waals surface area contributed by atoms with Gasteiger partial charge in [0.05, 0.1) is 37.9 Å². The summed E-state index contributed by atoms with van der Waals surface area (Å²) in [5.74, 6) is 0.788. The van der Waals surface area contributed by atoms with Crippen molar-refractivity contribution in [2.24, 2.45) is 0 Å². The molecule has 2 aromatic carbocycles. The van der Waals surface area contributed by atoms with Crippen molar-refractivity contribution in [3.63, 3.8) is 0 Å². The number of ether oxygens (including phenoxy) is 4. The first-order valence-corrected chi connectivity index (χ1v) is 7.20. The van der Waals surface area contributed by atoms with Crippen LogP contribution < -0.4 is 18.9 Å². The molecular weight excluding hydrogens is 330 g/mol. The molecule has 0 aromatic heterocycles. The predicted molar refractivity (Wildman–Crippen MR) is 89.0 cm³/mol. The Labute approximate surface area is 144 Å². The second-order valence-corrected chi connectivity index (χ2v) is 4.87. The number of nitrogens with zero attached hydrogens (tertiary/aromatic N) is 1. The third-order valence-corrected chi connectivity index (χ3v) is 3.43. The van der Waals surface area contributed by atoms with E-state index in [1.165, 1.54) is 39.5 Å². The fourth-order valence-corrected chi connectivity index (χ4v) is 2.14. The fourth-order valence-electron chi connectivity index (χ4n) is 2.14. The lowest BCUT2D eigenvalue weighted by Gasteiger charge is -2.11. The standard InChI is InChI=1S/C17H17NO7/c1-22-11-5-7-16(14(8-11)18(20)21)25-10-15(19)13-6-4-12(23-2)9-17(13)24-3/h4-9H,10H2,1-3H3. The van der Waals surface area contributed by atoms with Crippen LogP contribution in [0.3, 0.4) is 0 Å². The topological polar surface area (TPSA) is 97.1 Å². The molecule has 132 valence electrons. The van der Waals surface area contributed by atoms with Gasteiger partial charge in [0.2, 0.25) is 5.78 Å². The summed E-state index contributed by atoms with van der Waals surface area (Å²) in [6.45, 7) is -0.379. The van der Waals surface area contributed by atoms with Crippen LogP contribution in [0.4, 0.5) is 5.69 Å². The van der Waals surface area contributed by atoms with Crippen molar-refractivity contribution in [1.82, 2.24) is 0 Å². The Hall–Kier alpha value is -3.29. The molecule has 2 rings (SSSR count). The SMILES string of the molecule is COc1ccc(C(=O)COc2ccc(OC)cc2[N+](=O)[O-])c(OC)c1. The molecule has 0 aliphatic heterocycles. The van der Waals surface area contributed by atoms with E-state index in [1.807, 2.05) is 0 Å². The van der Waals surface area contributed by atoms with Gasteiger partial charge in [0.25, 0.3) is 0 Å². The summed E-state index contributed by atoms with van der Waals surface area (Å²) in [6, 6.07) is 8.87. The lowest BCUT2D eigenvalue weighted by molar-refractivity contribution is -0.385. The molecule has 2 aromatic rings. The molecule has 0 aliphatic carbocycles. The quantitative estimate of drug-likeness (QED) is 0.411. The van der Waals surface area contributed by atoms with E-state index in [1.54, 1.807) is 18.2 Å². The van der Waals surface area contributed by atoms with E-state index in [0.29, 0.717) is 22.8 Å². The highest BCUT2D eigenvalue weighted by Crippen LogP contribution is 2.31. The Kier molecular flexibility index (Phi) is 5.78. The normalized spacial score (nSPS) is 10.0. The molecule has 0 aliphatic rings. The van der Waals surface area contributed by atoms with E-state index in [9.17, 15) is 14.9 Å². The summed E-state index contributed by atoms with van der Waals surface area (Å²) in [5.41, 5.74) is 0.00770. The molecule has 25 heavy (non-hydrogen) atoms. The highest BCUT2D eigenvalue weighted by atomic mass is 16.6. The number of carbonyl (C=O) groups is 1. The van der Waals surface area contributed by atoms with Gasteiger partial charge in [0.1, 0.15) is 17.2 Å². The lowest BCUT2D eigenvalue weighted by atomic mass is 10.1. The molecule has 0 spiro atoms. The number of methoxy groups -OCH3 is 3. The lowest BCUT2D eigenvalue weighted by Crippen LogP contribution is -2.13. The first-order valence-electron chi connectivity index (χ1n) is 7.20. The molecule has 0 amide bonds. The Balaban J connectivity index is 2.19. The maximum absolute atomic E-state index is 12.4. The second-order valence-electron chi connectivity index (χ2n) is 4.87.